The summed E-state index contributed by atoms with van der Waals surface area (Å²) in [6, 6.07) is 7.45. The van der Waals surface area contributed by atoms with E-state index in [-0.39, 0.29) is 12.5 Å². The first-order chi connectivity index (χ1) is 10.1. The van der Waals surface area contributed by atoms with Crippen LogP contribution in [-0.2, 0) is 16.1 Å². The van der Waals surface area contributed by atoms with Crippen LogP contribution in [0.2, 0.25) is 0 Å². The Morgan fingerprint density at radius 3 is 2.76 bits per heavy atom. The first-order valence-corrected chi connectivity index (χ1v) is 6.51. The van der Waals surface area contributed by atoms with E-state index in [1.807, 2.05) is 31.2 Å². The number of hydrogen-bond acceptors (Lipinski definition) is 5. The van der Waals surface area contributed by atoms with Crippen LogP contribution < -0.4 is 11.1 Å². The predicted molar refractivity (Wildman–Crippen MR) is 75.8 cm³/mol. The Balaban J connectivity index is 2.17. The molecule has 1 N–H and O–H groups in total. The van der Waals surface area contributed by atoms with Gasteiger partial charge in [0.1, 0.15) is 6.54 Å². The zero-order valence-electron chi connectivity index (χ0n) is 12.0. The van der Waals surface area contributed by atoms with Crippen LogP contribution in [-0.4, -0.2) is 35.9 Å². The Hall–Kier alpha value is -2.41. The maximum Gasteiger partial charge on any atom is 0.442 e. The number of nitrogens with one attached hydrogen (secondary N) is 1. The van der Waals surface area contributed by atoms with Gasteiger partial charge in [0, 0.05) is 19.2 Å². The third kappa shape index (κ3) is 3.79. The van der Waals surface area contributed by atoms with E-state index in [0.29, 0.717) is 19.0 Å². The van der Waals surface area contributed by atoms with Gasteiger partial charge in [0.05, 0.1) is 6.61 Å². The molecule has 0 saturated heterocycles. The van der Waals surface area contributed by atoms with Gasteiger partial charge in [-0.25, -0.2) is 9.36 Å². The molecule has 1 aromatic heterocycles. The van der Waals surface area contributed by atoms with Crippen molar-refractivity contribution >= 4 is 5.91 Å². The lowest BCUT2D eigenvalue weighted by molar-refractivity contribution is -0.121. The molecule has 0 saturated carbocycles. The lowest BCUT2D eigenvalue weighted by Crippen LogP contribution is -2.33. The minimum absolute atomic E-state index is 0.144. The number of carbonyl (C=O) groups is 1. The zero-order valence-corrected chi connectivity index (χ0v) is 12.0. The van der Waals surface area contributed by atoms with Gasteiger partial charge in [0.2, 0.25) is 5.91 Å². The summed E-state index contributed by atoms with van der Waals surface area (Å²) in [5.41, 5.74) is 1.81. The minimum atomic E-state index is -0.660. The Morgan fingerprint density at radius 1 is 1.38 bits per heavy atom. The summed E-state index contributed by atoms with van der Waals surface area (Å²) in [6.07, 6.45) is 0. The molecule has 0 radical (unpaired) electrons. The quantitative estimate of drug-likeness (QED) is 0.786. The largest absolute Gasteiger partial charge is 0.442 e. The molecule has 0 aliphatic carbocycles. The van der Waals surface area contributed by atoms with Gasteiger partial charge in [-0.1, -0.05) is 35.0 Å². The number of carbonyl (C=O) groups excluding carboxylic acids is 1. The molecule has 21 heavy (non-hydrogen) atoms. The molecule has 7 nitrogen and oxygen atoms in total. The van der Waals surface area contributed by atoms with Crippen LogP contribution in [0.3, 0.4) is 0 Å². The molecule has 0 bridgehead atoms. The number of rotatable bonds is 6. The van der Waals surface area contributed by atoms with Crippen molar-refractivity contribution in [2.24, 2.45) is 0 Å². The van der Waals surface area contributed by atoms with Gasteiger partial charge in [-0.05, 0) is 6.92 Å². The zero-order chi connectivity index (χ0) is 15.2. The van der Waals surface area contributed by atoms with E-state index in [2.05, 4.69) is 15.0 Å². The monoisotopic (exact) mass is 291 g/mol. The normalized spacial score (nSPS) is 10.6. The molecule has 0 aliphatic heterocycles. The molecule has 1 amide bonds. The Labute approximate surface area is 121 Å². The molecule has 112 valence electrons. The summed E-state index contributed by atoms with van der Waals surface area (Å²) in [4.78, 5) is 23.5. The van der Waals surface area contributed by atoms with Crippen LogP contribution in [0.5, 0.6) is 0 Å². The number of ether oxygens (including phenoxy) is 1. The third-order valence-corrected chi connectivity index (χ3v) is 2.93. The molecule has 2 rings (SSSR count). The lowest BCUT2D eigenvalue weighted by atomic mass is 10.1. The van der Waals surface area contributed by atoms with Gasteiger partial charge in [-0.3, -0.25) is 9.32 Å². The van der Waals surface area contributed by atoms with Gasteiger partial charge in [0.15, 0.2) is 5.82 Å². The number of nitrogens with zero attached hydrogens (tertiary/aromatic N) is 2. The first-order valence-electron chi connectivity index (χ1n) is 6.51. The summed E-state index contributed by atoms with van der Waals surface area (Å²) in [5, 5.41) is 6.38. The minimum Gasteiger partial charge on any atom is -0.383 e. The third-order valence-electron chi connectivity index (χ3n) is 2.93. The number of hydrogen-bond donors (Lipinski definition) is 1. The smallest absolute Gasteiger partial charge is 0.383 e. The van der Waals surface area contributed by atoms with Crippen LogP contribution in [0, 0.1) is 6.92 Å². The summed E-state index contributed by atoms with van der Waals surface area (Å²) >= 11 is 0. The summed E-state index contributed by atoms with van der Waals surface area (Å²) in [7, 11) is 1.55. The topological polar surface area (TPSA) is 86.4 Å². The Morgan fingerprint density at radius 2 is 2.10 bits per heavy atom. The van der Waals surface area contributed by atoms with Crippen LogP contribution in [0.25, 0.3) is 11.4 Å². The highest BCUT2D eigenvalue weighted by molar-refractivity contribution is 5.76. The van der Waals surface area contributed by atoms with Crippen molar-refractivity contribution in [2.75, 3.05) is 20.3 Å². The van der Waals surface area contributed by atoms with E-state index < -0.39 is 5.76 Å². The predicted octanol–water partition coefficient (Wildman–Crippen LogP) is 0.574. The highest BCUT2D eigenvalue weighted by atomic mass is 16.5. The van der Waals surface area contributed by atoms with Crippen LogP contribution in [0.4, 0.5) is 0 Å². The number of benzene rings is 1. The fourth-order valence-corrected chi connectivity index (χ4v) is 1.81. The van der Waals surface area contributed by atoms with Crippen molar-refractivity contribution < 1.29 is 14.1 Å². The maximum atomic E-state index is 11.8. The SMILES string of the molecule is COCCNC(=O)Cn1c(-c2ccc(C)cc2)noc1=O. The van der Waals surface area contributed by atoms with Crippen molar-refractivity contribution in [3.63, 3.8) is 0 Å². The highest BCUT2D eigenvalue weighted by Crippen LogP contribution is 2.16. The highest BCUT2D eigenvalue weighted by Gasteiger charge is 2.15. The Bertz CT molecular complexity index is 658. The number of methoxy groups -OCH3 is 1. The van der Waals surface area contributed by atoms with Crippen molar-refractivity contribution in [1.82, 2.24) is 15.0 Å². The maximum absolute atomic E-state index is 11.8. The second kappa shape index (κ2) is 6.85. The number of amides is 1. The van der Waals surface area contributed by atoms with Gasteiger partial charge in [-0.2, -0.15) is 0 Å². The number of aromatic nitrogens is 2. The van der Waals surface area contributed by atoms with Gasteiger partial charge in [0.25, 0.3) is 0 Å². The van der Waals surface area contributed by atoms with Crippen molar-refractivity contribution in [3.05, 3.63) is 40.4 Å². The molecule has 2 aromatic rings. The summed E-state index contributed by atoms with van der Waals surface area (Å²) < 4.78 is 10.7. The van der Waals surface area contributed by atoms with E-state index in [1.165, 1.54) is 4.57 Å². The van der Waals surface area contributed by atoms with Gasteiger partial charge >= 0.3 is 5.76 Å². The standard InChI is InChI=1S/C14H17N3O4/c1-10-3-5-11(6-4-10)13-16-21-14(19)17(13)9-12(18)15-7-8-20-2/h3-6H,7-9H2,1-2H3,(H,15,18). The average molecular weight is 291 g/mol. The van der Waals surface area contributed by atoms with Crippen LogP contribution in [0.1, 0.15) is 5.56 Å². The molecular weight excluding hydrogens is 274 g/mol. The van der Waals surface area contributed by atoms with Crippen LogP contribution in [0.15, 0.2) is 33.6 Å². The van der Waals surface area contributed by atoms with E-state index in [0.717, 1.165) is 11.1 Å². The van der Waals surface area contributed by atoms with Crippen molar-refractivity contribution in [2.45, 2.75) is 13.5 Å². The van der Waals surface area contributed by atoms with Crippen molar-refractivity contribution in [3.8, 4) is 11.4 Å². The summed E-state index contributed by atoms with van der Waals surface area (Å²) in [5.74, 6) is -0.625. The molecular formula is C14H17N3O4. The van der Waals surface area contributed by atoms with E-state index in [4.69, 9.17) is 4.74 Å². The molecule has 7 heteroatoms. The fourth-order valence-electron chi connectivity index (χ4n) is 1.81. The second-order valence-electron chi connectivity index (χ2n) is 4.57. The molecule has 0 spiro atoms. The molecule has 0 aliphatic rings. The first kappa shape index (κ1) is 15.0. The molecule has 1 aromatic carbocycles. The van der Waals surface area contributed by atoms with E-state index in [1.54, 1.807) is 7.11 Å². The average Bonchev–Trinajstić information content (AvgIpc) is 2.82. The molecule has 1 heterocycles. The summed E-state index contributed by atoms with van der Waals surface area (Å²) in [6.45, 7) is 2.61. The molecule has 0 fully saturated rings. The number of aryl methyl sites for hydroxylation is 1. The molecule has 0 atom stereocenters. The fraction of sp³-hybridized carbons (Fsp3) is 0.357. The van der Waals surface area contributed by atoms with Crippen LogP contribution >= 0.6 is 0 Å². The van der Waals surface area contributed by atoms with Gasteiger partial charge in [-0.15, -0.1) is 0 Å². The Kier molecular flexibility index (Phi) is 4.89. The van der Waals surface area contributed by atoms with E-state index >= 15 is 0 Å². The second-order valence-corrected chi connectivity index (χ2v) is 4.57. The van der Waals surface area contributed by atoms with E-state index in [9.17, 15) is 9.59 Å². The van der Waals surface area contributed by atoms with Gasteiger partial charge < -0.3 is 10.1 Å². The van der Waals surface area contributed by atoms with Crippen molar-refractivity contribution in [1.29, 1.82) is 0 Å². The lowest BCUT2D eigenvalue weighted by Gasteiger charge is -2.06. The molecule has 0 unspecified atom stereocenters.